The van der Waals surface area contributed by atoms with E-state index in [1.54, 1.807) is 21.9 Å². The molecule has 0 aliphatic carbocycles. The van der Waals surface area contributed by atoms with E-state index in [1.165, 1.54) is 11.1 Å². The Kier molecular flexibility index (Phi) is 5.79. The summed E-state index contributed by atoms with van der Waals surface area (Å²) in [5.41, 5.74) is 4.35. The van der Waals surface area contributed by atoms with Crippen molar-refractivity contribution in [2.45, 2.75) is 25.6 Å². The van der Waals surface area contributed by atoms with Gasteiger partial charge in [-0.3, -0.25) is 4.90 Å². The number of rotatable bonds is 6. The van der Waals surface area contributed by atoms with Crippen LogP contribution in [0.2, 0.25) is 0 Å². The van der Waals surface area contributed by atoms with Crippen molar-refractivity contribution in [3.8, 4) is 6.07 Å². The van der Waals surface area contributed by atoms with Crippen molar-refractivity contribution in [3.05, 3.63) is 70.8 Å². The second kappa shape index (κ2) is 8.64. The Balaban J connectivity index is 1.27. The van der Waals surface area contributed by atoms with E-state index < -0.39 is 6.10 Å². The minimum Gasteiger partial charge on any atom is -0.390 e. The van der Waals surface area contributed by atoms with Gasteiger partial charge in [-0.2, -0.15) is 5.26 Å². The van der Waals surface area contributed by atoms with Crippen molar-refractivity contribution in [1.29, 1.82) is 5.26 Å². The van der Waals surface area contributed by atoms with E-state index in [0.29, 0.717) is 38.3 Å². The number of benzene rings is 2. The molecule has 4 rings (SSSR count). The Bertz CT molecular complexity index is 906. The summed E-state index contributed by atoms with van der Waals surface area (Å²) in [6.45, 7) is 4.55. The minimum absolute atomic E-state index is 0.0302. The predicted molar refractivity (Wildman–Crippen MR) is 110 cm³/mol. The van der Waals surface area contributed by atoms with Crippen molar-refractivity contribution >= 4 is 6.03 Å². The number of nitrogens with zero attached hydrogens (tertiary/aromatic N) is 4. The van der Waals surface area contributed by atoms with Crippen molar-refractivity contribution in [3.63, 3.8) is 0 Å². The minimum atomic E-state index is -0.556. The molecule has 0 bridgehead atoms. The molecule has 2 amide bonds. The molecule has 0 saturated carbocycles. The number of carbonyl (C=O) groups excluding carboxylic acids is 1. The van der Waals surface area contributed by atoms with Crippen LogP contribution in [0, 0.1) is 11.3 Å². The first-order valence-corrected chi connectivity index (χ1v) is 10.1. The van der Waals surface area contributed by atoms with Crippen LogP contribution < -0.4 is 0 Å². The van der Waals surface area contributed by atoms with Crippen LogP contribution in [-0.2, 0) is 19.5 Å². The number of fused-ring (bicyclic) bond motifs is 1. The van der Waals surface area contributed by atoms with Crippen molar-refractivity contribution < 1.29 is 9.90 Å². The van der Waals surface area contributed by atoms with Gasteiger partial charge in [-0.05, 0) is 35.2 Å². The van der Waals surface area contributed by atoms with Crippen LogP contribution in [0.25, 0.3) is 0 Å². The number of β-amino-alcohol motifs (C(OH)–C–C–N with tert-alkyl or cyclic N) is 1. The molecule has 1 fully saturated rings. The van der Waals surface area contributed by atoms with Crippen molar-refractivity contribution in [1.82, 2.24) is 14.7 Å². The normalized spacial score (nSPS) is 17.9. The number of aliphatic hydroxyl groups excluding tert-OH is 1. The molecule has 1 N–H and O–H groups in total. The summed E-state index contributed by atoms with van der Waals surface area (Å²) in [5.74, 6) is 0. The number of hydrogen-bond acceptors (Lipinski definition) is 4. The maximum Gasteiger partial charge on any atom is 0.320 e. The van der Waals surface area contributed by atoms with E-state index in [9.17, 15) is 9.90 Å². The average molecular weight is 390 g/mol. The molecule has 29 heavy (non-hydrogen) atoms. The lowest BCUT2D eigenvalue weighted by Gasteiger charge is -2.31. The molecule has 2 aromatic carbocycles. The molecule has 2 aliphatic heterocycles. The van der Waals surface area contributed by atoms with Crippen LogP contribution in [0.3, 0.4) is 0 Å². The van der Waals surface area contributed by atoms with Gasteiger partial charge in [0.25, 0.3) is 0 Å². The van der Waals surface area contributed by atoms with Gasteiger partial charge >= 0.3 is 6.03 Å². The lowest BCUT2D eigenvalue weighted by atomic mass is 10.00. The lowest BCUT2D eigenvalue weighted by Crippen LogP contribution is -2.43. The predicted octanol–water partition coefficient (Wildman–Crippen LogP) is 2.22. The molecule has 0 aromatic heterocycles. The van der Waals surface area contributed by atoms with Crippen LogP contribution in [0.5, 0.6) is 0 Å². The van der Waals surface area contributed by atoms with E-state index in [-0.39, 0.29) is 6.03 Å². The molecule has 2 heterocycles. The maximum atomic E-state index is 12.7. The summed E-state index contributed by atoms with van der Waals surface area (Å²) in [6.07, 6.45) is 0.447. The highest BCUT2D eigenvalue weighted by atomic mass is 16.3. The lowest BCUT2D eigenvalue weighted by molar-refractivity contribution is 0.0812. The Morgan fingerprint density at radius 3 is 2.45 bits per heavy atom. The van der Waals surface area contributed by atoms with Gasteiger partial charge in [0.05, 0.1) is 17.7 Å². The number of hydrogen-bond donors (Lipinski definition) is 1. The molecule has 6 heteroatoms. The smallest absolute Gasteiger partial charge is 0.320 e. The molecule has 2 aromatic rings. The van der Waals surface area contributed by atoms with Gasteiger partial charge in [-0.1, -0.05) is 36.4 Å². The number of urea groups is 1. The summed E-state index contributed by atoms with van der Waals surface area (Å²) < 4.78 is 0. The van der Waals surface area contributed by atoms with Crippen LogP contribution in [0.1, 0.15) is 22.3 Å². The molecule has 6 nitrogen and oxygen atoms in total. The van der Waals surface area contributed by atoms with Gasteiger partial charge in [-0.25, -0.2) is 4.79 Å². The fourth-order valence-electron chi connectivity index (χ4n) is 4.17. The number of carbonyl (C=O) groups is 1. The Morgan fingerprint density at radius 2 is 1.69 bits per heavy atom. The van der Waals surface area contributed by atoms with Crippen LogP contribution in [-0.4, -0.2) is 64.7 Å². The number of nitriles is 1. The summed E-state index contributed by atoms with van der Waals surface area (Å²) >= 11 is 0. The SMILES string of the molecule is N#Cc1ccc(CN2CCN(C[C@@H](O)CN3CCc4ccccc4C3)C2=O)cc1. The largest absolute Gasteiger partial charge is 0.390 e. The zero-order valence-electron chi connectivity index (χ0n) is 16.5. The third kappa shape index (κ3) is 4.58. The van der Waals surface area contributed by atoms with Crippen molar-refractivity contribution in [2.24, 2.45) is 0 Å². The second-order valence-corrected chi connectivity index (χ2v) is 7.87. The number of amides is 2. The van der Waals surface area contributed by atoms with Gasteiger partial charge in [0.1, 0.15) is 0 Å². The highest BCUT2D eigenvalue weighted by Gasteiger charge is 2.30. The van der Waals surface area contributed by atoms with Crippen LogP contribution in [0.15, 0.2) is 48.5 Å². The monoisotopic (exact) mass is 390 g/mol. The van der Waals surface area contributed by atoms with Gasteiger partial charge < -0.3 is 14.9 Å². The maximum absolute atomic E-state index is 12.7. The molecule has 1 saturated heterocycles. The Hall–Kier alpha value is -2.88. The van der Waals surface area contributed by atoms with E-state index in [4.69, 9.17) is 5.26 Å². The van der Waals surface area contributed by atoms with Crippen molar-refractivity contribution in [2.75, 3.05) is 32.7 Å². The first kappa shape index (κ1) is 19.4. The molecular formula is C23H26N4O2. The van der Waals surface area contributed by atoms with Gasteiger partial charge in [0.2, 0.25) is 0 Å². The average Bonchev–Trinajstić information content (AvgIpc) is 3.07. The standard InChI is InChI=1S/C23H26N4O2/c24-13-18-5-7-19(8-6-18)14-26-11-12-27(23(26)29)17-22(28)16-25-10-9-20-3-1-2-4-21(20)15-25/h1-8,22,28H,9-12,14-17H2/t22-/m0/s1. The molecular weight excluding hydrogens is 364 g/mol. The van der Waals surface area contributed by atoms with Gasteiger partial charge in [-0.15, -0.1) is 0 Å². The Labute approximate surface area is 171 Å². The molecule has 0 radical (unpaired) electrons. The number of aliphatic hydroxyl groups is 1. The zero-order chi connectivity index (χ0) is 20.2. The topological polar surface area (TPSA) is 70.8 Å². The first-order chi connectivity index (χ1) is 14.1. The Morgan fingerprint density at radius 1 is 0.966 bits per heavy atom. The zero-order valence-corrected chi connectivity index (χ0v) is 16.5. The summed E-state index contributed by atoms with van der Waals surface area (Å²) in [5, 5.41) is 19.5. The van der Waals surface area contributed by atoms with Gasteiger partial charge in [0.15, 0.2) is 0 Å². The summed E-state index contributed by atoms with van der Waals surface area (Å²) in [4.78, 5) is 18.5. The van der Waals surface area contributed by atoms with Crippen LogP contribution in [0.4, 0.5) is 4.79 Å². The molecule has 0 unspecified atom stereocenters. The molecule has 0 spiro atoms. The second-order valence-electron chi connectivity index (χ2n) is 7.87. The highest BCUT2D eigenvalue weighted by Crippen LogP contribution is 2.19. The van der Waals surface area contributed by atoms with Crippen LogP contribution >= 0.6 is 0 Å². The fourth-order valence-corrected chi connectivity index (χ4v) is 4.17. The molecule has 2 aliphatic rings. The highest BCUT2D eigenvalue weighted by molar-refractivity contribution is 5.76. The fraction of sp³-hybridized carbons (Fsp3) is 0.391. The van der Waals surface area contributed by atoms with E-state index in [2.05, 4.69) is 35.2 Å². The third-order valence-corrected chi connectivity index (χ3v) is 5.75. The summed E-state index contributed by atoms with van der Waals surface area (Å²) in [7, 11) is 0. The molecule has 1 atom stereocenters. The summed E-state index contributed by atoms with van der Waals surface area (Å²) in [6, 6.07) is 17.9. The van der Waals surface area contributed by atoms with E-state index >= 15 is 0 Å². The molecule has 150 valence electrons. The third-order valence-electron chi connectivity index (χ3n) is 5.75. The first-order valence-electron chi connectivity index (χ1n) is 10.1. The quantitative estimate of drug-likeness (QED) is 0.821. The van der Waals surface area contributed by atoms with E-state index in [0.717, 1.165) is 25.1 Å². The van der Waals surface area contributed by atoms with E-state index in [1.807, 2.05) is 12.1 Å². The van der Waals surface area contributed by atoms with Gasteiger partial charge in [0, 0.05) is 45.8 Å².